The fraction of sp³-hybridized carbons (Fsp3) is 0.438. The van der Waals surface area contributed by atoms with E-state index in [-0.39, 0.29) is 10.6 Å². The molecule has 0 bridgehead atoms. The maximum Gasteiger partial charge on any atom is 0.278 e. The molecular formula is C16H19N3O2. The van der Waals surface area contributed by atoms with Crippen LogP contribution >= 0.6 is 0 Å². The minimum atomic E-state index is -0.355. The second-order valence-corrected chi connectivity index (χ2v) is 5.95. The first-order valence-corrected chi connectivity index (χ1v) is 7.41. The first-order chi connectivity index (χ1) is 10.1. The first-order valence-electron chi connectivity index (χ1n) is 7.41. The van der Waals surface area contributed by atoms with Gasteiger partial charge in [0.1, 0.15) is 5.52 Å². The molecule has 2 unspecified atom stereocenters. The van der Waals surface area contributed by atoms with Gasteiger partial charge in [-0.1, -0.05) is 13.3 Å². The number of fused-ring (bicyclic) bond motifs is 1. The third kappa shape index (κ3) is 2.82. The molecular weight excluding hydrogens is 266 g/mol. The van der Waals surface area contributed by atoms with Crippen LogP contribution in [0.25, 0.3) is 10.9 Å². The number of non-ortho nitro benzene ring substituents is 1. The molecule has 0 amide bonds. The largest absolute Gasteiger partial charge is 0.383 e. The van der Waals surface area contributed by atoms with Crippen LogP contribution < -0.4 is 5.32 Å². The predicted octanol–water partition coefficient (Wildman–Crippen LogP) is 3.99. The minimum Gasteiger partial charge on any atom is -0.383 e. The van der Waals surface area contributed by atoms with E-state index in [1.807, 2.05) is 0 Å². The molecule has 1 aliphatic rings. The highest BCUT2D eigenvalue weighted by Crippen LogP contribution is 2.33. The lowest BCUT2D eigenvalue weighted by atomic mass is 10.1. The zero-order valence-corrected chi connectivity index (χ0v) is 12.1. The van der Waals surface area contributed by atoms with Crippen LogP contribution in [0.3, 0.4) is 0 Å². The molecule has 21 heavy (non-hydrogen) atoms. The van der Waals surface area contributed by atoms with E-state index in [0.717, 1.165) is 18.2 Å². The monoisotopic (exact) mass is 285 g/mol. The van der Waals surface area contributed by atoms with Crippen LogP contribution in [-0.2, 0) is 0 Å². The number of nitro benzene ring substituents is 1. The molecule has 2 atom stereocenters. The van der Waals surface area contributed by atoms with E-state index in [0.29, 0.717) is 16.8 Å². The molecule has 2 aromatic rings. The van der Waals surface area contributed by atoms with Crippen molar-refractivity contribution in [2.75, 3.05) is 11.9 Å². The van der Waals surface area contributed by atoms with Crippen molar-refractivity contribution < 1.29 is 4.92 Å². The average Bonchev–Trinajstić information content (AvgIpc) is 2.90. The Hall–Kier alpha value is -2.17. The number of hydrogen-bond donors (Lipinski definition) is 1. The second-order valence-electron chi connectivity index (χ2n) is 5.95. The van der Waals surface area contributed by atoms with E-state index in [4.69, 9.17) is 0 Å². The summed E-state index contributed by atoms with van der Waals surface area (Å²) >= 11 is 0. The van der Waals surface area contributed by atoms with Gasteiger partial charge in [-0.2, -0.15) is 0 Å². The van der Waals surface area contributed by atoms with Gasteiger partial charge in [0.15, 0.2) is 0 Å². The number of pyridine rings is 1. The maximum absolute atomic E-state index is 11.1. The molecule has 1 saturated carbocycles. The van der Waals surface area contributed by atoms with Crippen molar-refractivity contribution in [3.05, 3.63) is 40.6 Å². The van der Waals surface area contributed by atoms with Gasteiger partial charge in [0.2, 0.25) is 0 Å². The summed E-state index contributed by atoms with van der Waals surface area (Å²) in [5, 5.41) is 15.1. The summed E-state index contributed by atoms with van der Waals surface area (Å²) in [6, 6.07) is 6.82. The van der Waals surface area contributed by atoms with Crippen LogP contribution in [0.4, 0.5) is 11.4 Å². The summed E-state index contributed by atoms with van der Waals surface area (Å²) in [6.45, 7) is 3.21. The molecule has 0 spiro atoms. The van der Waals surface area contributed by atoms with Crippen molar-refractivity contribution in [3.8, 4) is 0 Å². The number of anilines is 1. The number of rotatable bonds is 4. The summed E-state index contributed by atoms with van der Waals surface area (Å²) in [5.74, 6) is 1.50. The van der Waals surface area contributed by atoms with Crippen LogP contribution in [0, 0.1) is 22.0 Å². The predicted molar refractivity (Wildman–Crippen MR) is 83.4 cm³/mol. The van der Waals surface area contributed by atoms with Crippen molar-refractivity contribution in [1.29, 1.82) is 0 Å². The van der Waals surface area contributed by atoms with Gasteiger partial charge in [0, 0.05) is 18.8 Å². The van der Waals surface area contributed by atoms with Gasteiger partial charge in [0.05, 0.1) is 16.0 Å². The highest BCUT2D eigenvalue weighted by atomic mass is 16.6. The molecule has 3 rings (SSSR count). The van der Waals surface area contributed by atoms with Gasteiger partial charge in [-0.25, -0.2) is 0 Å². The Bertz CT molecular complexity index is 672. The molecule has 1 aliphatic carbocycles. The van der Waals surface area contributed by atoms with Gasteiger partial charge in [-0.15, -0.1) is 0 Å². The van der Waals surface area contributed by atoms with Gasteiger partial charge < -0.3 is 5.32 Å². The van der Waals surface area contributed by atoms with E-state index in [9.17, 15) is 10.1 Å². The number of hydrogen-bond acceptors (Lipinski definition) is 4. The van der Waals surface area contributed by atoms with Gasteiger partial charge in [0.25, 0.3) is 5.69 Å². The molecule has 5 heteroatoms. The normalized spacial score (nSPS) is 21.6. The lowest BCUT2D eigenvalue weighted by molar-refractivity contribution is -0.383. The summed E-state index contributed by atoms with van der Waals surface area (Å²) in [5.41, 5.74) is 1.67. The topological polar surface area (TPSA) is 68.1 Å². The van der Waals surface area contributed by atoms with Crippen LogP contribution in [0.1, 0.15) is 26.2 Å². The zero-order valence-electron chi connectivity index (χ0n) is 12.1. The summed E-state index contributed by atoms with van der Waals surface area (Å²) < 4.78 is 0. The Morgan fingerprint density at radius 2 is 2.24 bits per heavy atom. The molecule has 0 saturated heterocycles. The van der Waals surface area contributed by atoms with Crippen molar-refractivity contribution in [2.45, 2.75) is 26.2 Å². The highest BCUT2D eigenvalue weighted by Gasteiger charge is 2.21. The van der Waals surface area contributed by atoms with Gasteiger partial charge in [-0.05, 0) is 42.9 Å². The minimum absolute atomic E-state index is 0.109. The quantitative estimate of drug-likeness (QED) is 0.681. The average molecular weight is 285 g/mol. The first kappa shape index (κ1) is 13.8. The Morgan fingerprint density at radius 3 is 2.95 bits per heavy atom. The number of aromatic nitrogens is 1. The Kier molecular flexibility index (Phi) is 3.73. The second kappa shape index (κ2) is 5.68. The van der Waals surface area contributed by atoms with Gasteiger partial charge in [-0.3, -0.25) is 15.1 Å². The summed E-state index contributed by atoms with van der Waals surface area (Å²) in [7, 11) is 0. The number of benzene rings is 1. The van der Waals surface area contributed by atoms with Crippen molar-refractivity contribution >= 4 is 22.3 Å². The smallest absolute Gasteiger partial charge is 0.278 e. The van der Waals surface area contributed by atoms with E-state index in [1.165, 1.54) is 19.3 Å². The number of nitrogens with zero attached hydrogens (tertiary/aromatic N) is 2. The lowest BCUT2D eigenvalue weighted by Gasteiger charge is -2.13. The van der Waals surface area contributed by atoms with Crippen molar-refractivity contribution in [2.24, 2.45) is 11.8 Å². The lowest BCUT2D eigenvalue weighted by Crippen LogP contribution is -2.12. The van der Waals surface area contributed by atoms with Crippen LogP contribution in [0.2, 0.25) is 0 Å². The molecule has 5 nitrogen and oxygen atoms in total. The molecule has 110 valence electrons. The van der Waals surface area contributed by atoms with Crippen molar-refractivity contribution in [3.63, 3.8) is 0 Å². The number of nitro groups is 1. The molecule has 1 aromatic carbocycles. The van der Waals surface area contributed by atoms with E-state index in [1.54, 1.807) is 30.5 Å². The molecule has 1 heterocycles. The van der Waals surface area contributed by atoms with E-state index >= 15 is 0 Å². The molecule has 1 fully saturated rings. The zero-order chi connectivity index (χ0) is 14.8. The van der Waals surface area contributed by atoms with Crippen molar-refractivity contribution in [1.82, 2.24) is 4.98 Å². The van der Waals surface area contributed by atoms with Crippen LogP contribution in [0.5, 0.6) is 0 Å². The third-order valence-electron chi connectivity index (χ3n) is 4.33. The third-order valence-corrected chi connectivity index (χ3v) is 4.33. The van der Waals surface area contributed by atoms with E-state index < -0.39 is 0 Å². The number of nitrogens with one attached hydrogen (secondary N) is 1. The van der Waals surface area contributed by atoms with Crippen LogP contribution in [0.15, 0.2) is 30.5 Å². The molecule has 0 radical (unpaired) electrons. The van der Waals surface area contributed by atoms with Crippen LogP contribution in [-0.4, -0.2) is 16.5 Å². The van der Waals surface area contributed by atoms with E-state index in [2.05, 4.69) is 17.2 Å². The van der Waals surface area contributed by atoms with Gasteiger partial charge >= 0.3 is 0 Å². The summed E-state index contributed by atoms with van der Waals surface area (Å²) in [4.78, 5) is 15.0. The SMILES string of the molecule is CC1CCC(CNc2ccc([N+](=O)[O-])c3cccnc23)C1. The maximum atomic E-state index is 11.1. The molecule has 1 N–H and O–H groups in total. The fourth-order valence-corrected chi connectivity index (χ4v) is 3.22. The standard InChI is InChI=1S/C16H19N3O2/c1-11-4-5-12(9-11)10-18-14-6-7-15(19(20)21)13-3-2-8-17-16(13)14/h2-3,6-8,11-12,18H,4-5,9-10H2,1H3. The fourth-order valence-electron chi connectivity index (χ4n) is 3.22. The molecule has 0 aliphatic heterocycles. The Morgan fingerprint density at radius 1 is 1.38 bits per heavy atom. The Balaban J connectivity index is 1.86. The molecule has 1 aromatic heterocycles. The highest BCUT2D eigenvalue weighted by molar-refractivity contribution is 5.96. The Labute approximate surface area is 123 Å². The summed E-state index contributed by atoms with van der Waals surface area (Å²) in [6.07, 6.45) is 5.48.